The second-order valence-corrected chi connectivity index (χ2v) is 5.27. The van der Waals surface area contributed by atoms with Gasteiger partial charge in [-0.3, -0.25) is 0 Å². The average molecular weight is 349 g/mol. The second-order valence-electron chi connectivity index (χ2n) is 3.95. The predicted molar refractivity (Wildman–Crippen MR) is 74.9 cm³/mol. The van der Waals surface area contributed by atoms with Crippen molar-refractivity contribution >= 4 is 27.5 Å². The topological polar surface area (TPSA) is 9.23 Å². The van der Waals surface area contributed by atoms with E-state index in [1.54, 1.807) is 18.2 Å². The van der Waals surface area contributed by atoms with Crippen LogP contribution in [0.3, 0.4) is 0 Å². The van der Waals surface area contributed by atoms with E-state index in [4.69, 9.17) is 13.0 Å². The van der Waals surface area contributed by atoms with Gasteiger partial charge in [-0.25, -0.2) is 8.78 Å². The molecule has 0 amide bonds. The first-order chi connectivity index (χ1) is 9.51. The fourth-order valence-corrected chi connectivity index (χ4v) is 2.34. The van der Waals surface area contributed by atoms with Crippen molar-refractivity contribution in [3.05, 3.63) is 62.6 Å². The normalized spacial score (nSPS) is 11.3. The number of benzene rings is 2. The first kappa shape index (κ1) is 12.9. The third kappa shape index (κ3) is 3.25. The molecule has 0 saturated carbocycles. The second kappa shape index (κ2) is 5.88. The molecular weight excluding hydrogens is 338 g/mol. The lowest BCUT2D eigenvalue weighted by Crippen LogP contribution is -1.97. The number of methoxy groups -OCH3 is 1. The van der Waals surface area contributed by atoms with Crippen molar-refractivity contribution in [2.75, 3.05) is 7.09 Å². The van der Waals surface area contributed by atoms with Gasteiger partial charge in [0.2, 0.25) is 0 Å². The highest BCUT2D eigenvalue weighted by Crippen LogP contribution is 2.27. The fraction of sp³-hybridized carbons (Fsp3) is 0.143. The van der Waals surface area contributed by atoms with E-state index in [-0.39, 0.29) is 0 Å². The molecule has 0 spiro atoms. The Balaban J connectivity index is 2.32. The van der Waals surface area contributed by atoms with Crippen LogP contribution in [0, 0.1) is 11.6 Å². The summed E-state index contributed by atoms with van der Waals surface area (Å²) >= 11 is 9.37. The summed E-state index contributed by atoms with van der Waals surface area (Å²) < 4.78 is 39.7. The molecule has 0 atom stereocenters. The number of rotatable bonds is 3. The molecule has 0 aliphatic heterocycles. The Hall–Kier alpha value is -1.13. The summed E-state index contributed by atoms with van der Waals surface area (Å²) in [6, 6.07) is 7.67. The Bertz CT molecular complexity index is 614. The van der Waals surface area contributed by atoms with E-state index in [1.807, 2.05) is 0 Å². The van der Waals surface area contributed by atoms with Crippen LogP contribution in [0.15, 0.2) is 34.8 Å². The Morgan fingerprint density at radius 3 is 2.58 bits per heavy atom. The van der Waals surface area contributed by atoms with E-state index in [9.17, 15) is 8.78 Å². The molecule has 2 aromatic rings. The number of hydrogen-bond acceptors (Lipinski definition) is 1. The monoisotopic (exact) mass is 347 g/mol. The summed E-state index contributed by atoms with van der Waals surface area (Å²) in [6.07, 6.45) is 0.299. The molecule has 0 radical (unpaired) electrons. The van der Waals surface area contributed by atoms with Crippen molar-refractivity contribution in [2.45, 2.75) is 6.42 Å². The highest BCUT2D eigenvalue weighted by Gasteiger charge is 2.12. The van der Waals surface area contributed by atoms with E-state index in [0.29, 0.717) is 17.0 Å². The zero-order valence-corrected chi connectivity index (χ0v) is 12.1. The standard InChI is InChI=1S/C14H10BrClF2O/c1-19-14-12(17)5-8(6-13(14)18)4-9-7-10(15)2-3-11(9)16/h2-3,5-7H,4H2,1H3/i1D. The lowest BCUT2D eigenvalue weighted by molar-refractivity contribution is 0.359. The Labute approximate surface area is 124 Å². The lowest BCUT2D eigenvalue weighted by Gasteiger charge is -2.08. The van der Waals surface area contributed by atoms with Crippen LogP contribution in [-0.4, -0.2) is 7.09 Å². The summed E-state index contributed by atoms with van der Waals surface area (Å²) in [5.41, 5.74) is 1.20. The van der Waals surface area contributed by atoms with E-state index in [2.05, 4.69) is 20.7 Å². The quantitative estimate of drug-likeness (QED) is 0.760. The van der Waals surface area contributed by atoms with Crippen LogP contribution in [0.2, 0.25) is 5.02 Å². The maximum Gasteiger partial charge on any atom is 0.190 e. The first-order valence-electron chi connectivity index (χ1n) is 6.06. The molecular formula is C14H10BrClF2O. The molecule has 0 saturated heterocycles. The van der Waals surface area contributed by atoms with Gasteiger partial charge in [-0.2, -0.15) is 0 Å². The molecule has 0 fully saturated rings. The van der Waals surface area contributed by atoms with Crippen LogP contribution in [0.4, 0.5) is 8.78 Å². The molecule has 5 heteroatoms. The highest BCUT2D eigenvalue weighted by molar-refractivity contribution is 9.10. The van der Waals surface area contributed by atoms with Crippen LogP contribution >= 0.6 is 27.5 Å². The van der Waals surface area contributed by atoms with E-state index >= 15 is 0 Å². The van der Waals surface area contributed by atoms with Crippen molar-refractivity contribution in [3.63, 3.8) is 0 Å². The minimum Gasteiger partial charge on any atom is -0.491 e. The summed E-state index contributed by atoms with van der Waals surface area (Å²) in [5.74, 6) is -2.17. The molecule has 2 aromatic carbocycles. The van der Waals surface area contributed by atoms with Crippen molar-refractivity contribution in [1.29, 1.82) is 0 Å². The Morgan fingerprint density at radius 1 is 1.26 bits per heavy atom. The molecule has 0 unspecified atom stereocenters. The molecule has 19 heavy (non-hydrogen) atoms. The number of hydrogen-bond donors (Lipinski definition) is 0. The van der Waals surface area contributed by atoms with E-state index in [0.717, 1.165) is 10.0 Å². The summed E-state index contributed by atoms with van der Waals surface area (Å²) in [7, 11) is -0.537. The van der Waals surface area contributed by atoms with Gasteiger partial charge in [0.1, 0.15) is 0 Å². The van der Waals surface area contributed by atoms with Gasteiger partial charge >= 0.3 is 0 Å². The maximum atomic E-state index is 13.7. The van der Waals surface area contributed by atoms with Crippen LogP contribution in [0.25, 0.3) is 0 Å². The van der Waals surface area contributed by atoms with Crippen LogP contribution in [0.5, 0.6) is 5.75 Å². The van der Waals surface area contributed by atoms with Crippen molar-refractivity contribution in [3.8, 4) is 5.75 Å². The van der Waals surface area contributed by atoms with Gasteiger partial charge in [-0.1, -0.05) is 27.5 Å². The van der Waals surface area contributed by atoms with Crippen LogP contribution in [0.1, 0.15) is 12.5 Å². The summed E-state index contributed by atoms with van der Waals surface area (Å²) in [4.78, 5) is 0. The largest absolute Gasteiger partial charge is 0.491 e. The summed E-state index contributed by atoms with van der Waals surface area (Å²) in [6.45, 7) is 0. The molecule has 0 aliphatic carbocycles. The van der Waals surface area contributed by atoms with Crippen molar-refractivity contribution in [2.24, 2.45) is 0 Å². The third-order valence-electron chi connectivity index (χ3n) is 2.60. The molecule has 0 bridgehead atoms. The van der Waals surface area contributed by atoms with Gasteiger partial charge in [-0.05, 0) is 47.9 Å². The van der Waals surface area contributed by atoms with E-state index < -0.39 is 24.5 Å². The molecule has 2 rings (SSSR count). The highest BCUT2D eigenvalue weighted by atomic mass is 79.9. The lowest BCUT2D eigenvalue weighted by atomic mass is 10.0. The van der Waals surface area contributed by atoms with Crippen LogP contribution < -0.4 is 4.74 Å². The molecule has 0 heterocycles. The first-order valence-corrected chi connectivity index (χ1v) is 6.52. The molecule has 0 aromatic heterocycles. The van der Waals surface area contributed by atoms with Gasteiger partial charge in [0, 0.05) is 9.50 Å². The number of halogens is 4. The van der Waals surface area contributed by atoms with Gasteiger partial charge in [0.15, 0.2) is 17.4 Å². The van der Waals surface area contributed by atoms with Crippen LogP contribution in [-0.2, 0) is 6.42 Å². The van der Waals surface area contributed by atoms with Gasteiger partial charge in [0.25, 0.3) is 0 Å². The molecule has 0 N–H and O–H groups in total. The summed E-state index contributed by atoms with van der Waals surface area (Å²) in [5, 5.41) is 0.528. The molecule has 100 valence electrons. The molecule has 1 nitrogen and oxygen atoms in total. The molecule has 0 aliphatic rings. The zero-order valence-electron chi connectivity index (χ0n) is 10.7. The number of ether oxygens (including phenoxy) is 1. The Kier molecular flexibility index (Phi) is 3.99. The Morgan fingerprint density at radius 2 is 1.95 bits per heavy atom. The zero-order chi connectivity index (χ0) is 14.7. The van der Waals surface area contributed by atoms with Crippen molar-refractivity contribution < 1.29 is 14.9 Å². The third-order valence-corrected chi connectivity index (χ3v) is 3.47. The average Bonchev–Trinajstić information content (AvgIpc) is 2.38. The fourth-order valence-electron chi connectivity index (χ4n) is 1.75. The SMILES string of the molecule is [2H]COc1c(F)cc(Cc2cc(Br)ccc2Cl)cc1F. The van der Waals surface area contributed by atoms with Crippen molar-refractivity contribution in [1.82, 2.24) is 0 Å². The smallest absolute Gasteiger partial charge is 0.190 e. The van der Waals surface area contributed by atoms with Gasteiger partial charge in [0.05, 0.1) is 8.46 Å². The van der Waals surface area contributed by atoms with Gasteiger partial charge < -0.3 is 4.74 Å². The minimum absolute atomic E-state index is 0.299. The van der Waals surface area contributed by atoms with E-state index in [1.165, 1.54) is 12.1 Å². The predicted octanol–water partition coefficient (Wildman–Crippen LogP) is 4.98. The minimum atomic E-state index is -0.821. The maximum absolute atomic E-state index is 13.7. The van der Waals surface area contributed by atoms with Gasteiger partial charge in [-0.15, -0.1) is 0 Å².